The topological polar surface area (TPSA) is 74.9 Å². The van der Waals surface area contributed by atoms with Crippen LogP contribution in [-0.4, -0.2) is 27.0 Å². The van der Waals surface area contributed by atoms with Crippen molar-refractivity contribution in [3.63, 3.8) is 0 Å². The molecule has 3 aromatic carbocycles. The summed E-state index contributed by atoms with van der Waals surface area (Å²) in [7, 11) is 0. The van der Waals surface area contributed by atoms with Crippen LogP contribution in [0.2, 0.25) is 0 Å². The van der Waals surface area contributed by atoms with Crippen molar-refractivity contribution in [3.05, 3.63) is 102 Å². The van der Waals surface area contributed by atoms with E-state index < -0.39 is 5.92 Å². The predicted molar refractivity (Wildman–Crippen MR) is 125 cm³/mol. The van der Waals surface area contributed by atoms with E-state index in [1.165, 1.54) is 30.8 Å². The highest BCUT2D eigenvalue weighted by molar-refractivity contribution is 6.03. The maximum absolute atomic E-state index is 15.5. The smallest absolute Gasteiger partial charge is 0.282 e. The number of aliphatic imine (C=N–C) groups is 1. The van der Waals surface area contributed by atoms with Crippen molar-refractivity contribution in [3.8, 4) is 33.9 Å². The van der Waals surface area contributed by atoms with E-state index >= 15 is 8.78 Å². The Kier molecular flexibility index (Phi) is 4.94. The highest BCUT2D eigenvalue weighted by atomic mass is 19.3. The average Bonchev–Trinajstić information content (AvgIpc) is 3.09. The fourth-order valence-electron chi connectivity index (χ4n) is 3.87. The molecule has 0 saturated heterocycles. The minimum absolute atomic E-state index is 0.108. The van der Waals surface area contributed by atoms with Crippen LogP contribution in [-0.2, 0) is 5.92 Å². The Labute approximate surface area is 188 Å². The Balaban J connectivity index is 1.56. The van der Waals surface area contributed by atoms with Crippen molar-refractivity contribution < 1.29 is 8.78 Å². The van der Waals surface area contributed by atoms with Gasteiger partial charge in [-0.1, -0.05) is 67.3 Å². The molecule has 0 atom stereocenters. The zero-order valence-electron chi connectivity index (χ0n) is 17.3. The molecule has 0 radical (unpaired) electrons. The zero-order valence-corrected chi connectivity index (χ0v) is 17.3. The average molecular weight is 437 g/mol. The molecule has 0 aliphatic heterocycles. The fraction of sp³-hybridized carbons (Fsp3) is 0.0385. The van der Waals surface area contributed by atoms with E-state index in [2.05, 4.69) is 26.5 Å². The lowest BCUT2D eigenvalue weighted by molar-refractivity contribution is 0.0480. The predicted octanol–water partition coefficient (Wildman–Crippen LogP) is 5.91. The third kappa shape index (κ3) is 3.53. The van der Waals surface area contributed by atoms with Crippen LogP contribution in [0.1, 0.15) is 16.7 Å². The Morgan fingerprint density at radius 2 is 1.55 bits per heavy atom. The van der Waals surface area contributed by atoms with Crippen LogP contribution in [0.4, 0.5) is 8.78 Å². The lowest BCUT2D eigenvalue weighted by Gasteiger charge is -2.13. The number of alkyl halides is 2. The highest BCUT2D eigenvalue weighted by Crippen LogP contribution is 2.52. The van der Waals surface area contributed by atoms with Gasteiger partial charge in [-0.25, -0.2) is 19.9 Å². The van der Waals surface area contributed by atoms with Gasteiger partial charge in [0.15, 0.2) is 17.5 Å². The van der Waals surface area contributed by atoms with Crippen LogP contribution in [0.15, 0.2) is 90.7 Å². The zero-order chi connectivity index (χ0) is 23.0. The second-order valence-corrected chi connectivity index (χ2v) is 7.46. The first kappa shape index (κ1) is 20.5. The van der Waals surface area contributed by atoms with Gasteiger partial charge in [-0.2, -0.15) is 8.78 Å². The molecule has 5 rings (SSSR count). The molecule has 1 aliphatic carbocycles. The molecule has 4 aromatic rings. The van der Waals surface area contributed by atoms with Crippen molar-refractivity contribution >= 4 is 12.1 Å². The van der Waals surface area contributed by atoms with Gasteiger partial charge in [-0.05, 0) is 23.3 Å². The Morgan fingerprint density at radius 3 is 2.27 bits per heavy atom. The number of aromatic nitrogens is 3. The number of nitrogens with one attached hydrogen (secondary N) is 1. The minimum atomic E-state index is -3.23. The number of allylic oxidation sites excluding steroid dienone is 1. The minimum Gasteiger partial charge on any atom is -0.282 e. The van der Waals surface area contributed by atoms with Crippen LogP contribution >= 0.6 is 0 Å². The van der Waals surface area contributed by atoms with Crippen molar-refractivity contribution in [2.45, 2.75) is 5.92 Å². The van der Waals surface area contributed by atoms with E-state index in [1.807, 2.05) is 30.3 Å². The SMILES string of the molecule is C=CC=NC(=N)c1ccc2c(c1)C(F)(F)c1cc(-c3ncnc(-c4ccccc4)n3)ccc1-2. The molecule has 0 bridgehead atoms. The quantitative estimate of drug-likeness (QED) is 0.319. The Bertz CT molecular complexity index is 1430. The summed E-state index contributed by atoms with van der Waals surface area (Å²) >= 11 is 0. The number of amidine groups is 1. The van der Waals surface area contributed by atoms with Crippen molar-refractivity contribution in [1.29, 1.82) is 5.41 Å². The molecule has 0 unspecified atom stereocenters. The van der Waals surface area contributed by atoms with E-state index in [9.17, 15) is 0 Å². The van der Waals surface area contributed by atoms with E-state index in [0.717, 1.165) is 5.56 Å². The molecule has 7 heteroatoms. The van der Waals surface area contributed by atoms with Crippen molar-refractivity contribution in [1.82, 2.24) is 15.0 Å². The number of benzene rings is 3. The Morgan fingerprint density at radius 1 is 0.879 bits per heavy atom. The number of hydrogen-bond donors (Lipinski definition) is 1. The summed E-state index contributed by atoms with van der Waals surface area (Å²) in [6.07, 6.45) is 4.16. The molecule has 0 spiro atoms. The van der Waals surface area contributed by atoms with Crippen molar-refractivity contribution in [2.24, 2.45) is 4.99 Å². The van der Waals surface area contributed by atoms with E-state index in [-0.39, 0.29) is 17.0 Å². The van der Waals surface area contributed by atoms with Gasteiger partial charge >= 0.3 is 0 Å². The largest absolute Gasteiger partial charge is 0.299 e. The highest BCUT2D eigenvalue weighted by Gasteiger charge is 2.44. The van der Waals surface area contributed by atoms with Crippen LogP contribution in [0.25, 0.3) is 33.9 Å². The molecule has 0 amide bonds. The molecule has 1 aliphatic rings. The maximum atomic E-state index is 15.5. The van der Waals surface area contributed by atoms with Crippen LogP contribution < -0.4 is 0 Å². The second kappa shape index (κ2) is 7.94. The molecular formula is C26H17F2N5. The maximum Gasteiger partial charge on any atom is 0.299 e. The molecule has 1 heterocycles. The van der Waals surface area contributed by atoms with E-state index in [1.54, 1.807) is 24.3 Å². The van der Waals surface area contributed by atoms with Gasteiger partial charge in [0.05, 0.1) is 0 Å². The van der Waals surface area contributed by atoms with Gasteiger partial charge in [0, 0.05) is 34.0 Å². The number of nitrogens with zero attached hydrogens (tertiary/aromatic N) is 4. The molecule has 33 heavy (non-hydrogen) atoms. The lowest BCUT2D eigenvalue weighted by Crippen LogP contribution is -2.12. The van der Waals surface area contributed by atoms with E-state index in [4.69, 9.17) is 5.41 Å². The summed E-state index contributed by atoms with van der Waals surface area (Å²) in [4.78, 5) is 16.8. The molecule has 160 valence electrons. The first-order chi connectivity index (χ1) is 16.0. The third-order valence-corrected chi connectivity index (χ3v) is 5.45. The second-order valence-electron chi connectivity index (χ2n) is 7.46. The van der Waals surface area contributed by atoms with Gasteiger partial charge in [0.1, 0.15) is 6.33 Å². The molecule has 0 saturated carbocycles. The van der Waals surface area contributed by atoms with Gasteiger partial charge in [-0.3, -0.25) is 5.41 Å². The third-order valence-electron chi connectivity index (χ3n) is 5.45. The molecule has 5 nitrogen and oxygen atoms in total. The summed E-state index contributed by atoms with van der Waals surface area (Å²) in [5, 5.41) is 8.01. The monoisotopic (exact) mass is 437 g/mol. The van der Waals surface area contributed by atoms with Gasteiger partial charge in [0.2, 0.25) is 0 Å². The van der Waals surface area contributed by atoms with Gasteiger partial charge in [0.25, 0.3) is 5.92 Å². The standard InChI is InChI=1S/C26H17F2N5/c1-2-12-30-23(29)17-8-10-19-20-11-9-18(14-22(20)26(27,28)21(19)13-17)25-32-15-31-24(33-25)16-6-4-3-5-7-16/h2-15,29H,1H2. The summed E-state index contributed by atoms with van der Waals surface area (Å²) in [5.41, 5.74) is 2.22. The van der Waals surface area contributed by atoms with Crippen LogP contribution in [0.3, 0.4) is 0 Å². The molecule has 1 aromatic heterocycles. The number of fused-ring (bicyclic) bond motifs is 3. The summed E-state index contributed by atoms with van der Waals surface area (Å²) in [6, 6.07) is 18.8. The van der Waals surface area contributed by atoms with Crippen LogP contribution in [0.5, 0.6) is 0 Å². The molecule has 0 fully saturated rings. The van der Waals surface area contributed by atoms with Gasteiger partial charge < -0.3 is 0 Å². The fourth-order valence-corrected chi connectivity index (χ4v) is 3.87. The summed E-state index contributed by atoms with van der Waals surface area (Å²) in [5.74, 6) is -2.54. The molecular weight excluding hydrogens is 420 g/mol. The lowest BCUT2D eigenvalue weighted by atomic mass is 10.0. The number of halogens is 2. The first-order valence-corrected chi connectivity index (χ1v) is 10.1. The Hall–Kier alpha value is -4.39. The van der Waals surface area contributed by atoms with Gasteiger partial charge in [-0.15, -0.1) is 0 Å². The summed E-state index contributed by atoms with van der Waals surface area (Å²) in [6.45, 7) is 3.51. The first-order valence-electron chi connectivity index (χ1n) is 10.1. The van der Waals surface area contributed by atoms with Crippen molar-refractivity contribution in [2.75, 3.05) is 0 Å². The van der Waals surface area contributed by atoms with E-state index in [0.29, 0.717) is 33.9 Å². The number of hydrogen-bond acceptors (Lipinski definition) is 4. The number of rotatable bonds is 4. The van der Waals surface area contributed by atoms with Crippen LogP contribution in [0, 0.1) is 5.41 Å². The summed E-state index contributed by atoms with van der Waals surface area (Å²) < 4.78 is 31.0. The normalized spacial score (nSPS) is 13.5. The molecule has 1 N–H and O–H groups in total.